The van der Waals surface area contributed by atoms with Gasteiger partial charge in [-0.25, -0.2) is 0 Å². The van der Waals surface area contributed by atoms with E-state index in [4.69, 9.17) is 4.43 Å². The molecule has 0 saturated heterocycles. The molecular weight excluding hydrogens is 415 g/mol. The SMILES string of the molecule is CCC[CH2][Sn]([CH3])(/[CH]=C/CO[Si](C(C)C)(C(C)C)C(C)C)[CH2]CCC. The fourth-order valence-corrected chi connectivity index (χ4v) is 20.1. The molecule has 0 heterocycles. The van der Waals surface area contributed by atoms with Gasteiger partial charge in [0.1, 0.15) is 0 Å². The molecule has 0 atom stereocenters. The van der Waals surface area contributed by atoms with E-state index in [-0.39, 0.29) is 0 Å². The molecule has 0 aromatic carbocycles. The van der Waals surface area contributed by atoms with Gasteiger partial charge in [-0.15, -0.1) is 0 Å². The molecule has 0 unspecified atom stereocenters. The second kappa shape index (κ2) is 12.2. The van der Waals surface area contributed by atoms with Gasteiger partial charge in [0, 0.05) is 0 Å². The van der Waals surface area contributed by atoms with E-state index in [9.17, 15) is 0 Å². The van der Waals surface area contributed by atoms with Crippen LogP contribution in [-0.4, -0.2) is 33.3 Å². The quantitative estimate of drug-likeness (QED) is 0.253. The zero-order valence-electron chi connectivity index (χ0n) is 18.2. The first kappa shape index (κ1) is 24.7. The fourth-order valence-electron chi connectivity index (χ4n) is 4.48. The van der Waals surface area contributed by atoms with Crippen LogP contribution >= 0.6 is 0 Å². The molecule has 0 aliphatic heterocycles. The Labute approximate surface area is 159 Å². The van der Waals surface area contributed by atoms with Crippen LogP contribution in [0.1, 0.15) is 81.1 Å². The fraction of sp³-hybridized carbons (Fsp3) is 0.905. The number of unbranched alkanes of at least 4 members (excludes halogenated alkanes) is 2. The van der Waals surface area contributed by atoms with Crippen molar-refractivity contribution in [3.63, 3.8) is 0 Å². The second-order valence-electron chi connectivity index (χ2n) is 8.89. The van der Waals surface area contributed by atoms with Gasteiger partial charge in [-0.1, -0.05) is 0 Å². The van der Waals surface area contributed by atoms with Gasteiger partial charge in [-0.05, 0) is 0 Å². The van der Waals surface area contributed by atoms with Crippen LogP contribution in [0, 0.1) is 0 Å². The van der Waals surface area contributed by atoms with Crippen molar-refractivity contribution in [2.45, 2.75) is 112 Å². The Morgan fingerprint density at radius 3 is 1.58 bits per heavy atom. The van der Waals surface area contributed by atoms with Crippen molar-refractivity contribution >= 4 is 26.7 Å². The summed E-state index contributed by atoms with van der Waals surface area (Å²) in [6, 6.07) is 0. The van der Waals surface area contributed by atoms with Crippen molar-refractivity contribution in [2.75, 3.05) is 6.61 Å². The summed E-state index contributed by atoms with van der Waals surface area (Å²) in [7, 11) is -1.70. The van der Waals surface area contributed by atoms with Crippen LogP contribution in [0.5, 0.6) is 0 Å². The van der Waals surface area contributed by atoms with E-state index >= 15 is 0 Å². The second-order valence-corrected chi connectivity index (χ2v) is 27.6. The molecule has 0 saturated carbocycles. The molecule has 0 amide bonds. The van der Waals surface area contributed by atoms with Gasteiger partial charge in [0.25, 0.3) is 0 Å². The summed E-state index contributed by atoms with van der Waals surface area (Å²) >= 11 is -2.02. The molecule has 0 aromatic rings. The first-order chi connectivity index (χ1) is 11.2. The van der Waals surface area contributed by atoms with Crippen molar-refractivity contribution in [3.8, 4) is 0 Å². The van der Waals surface area contributed by atoms with Crippen LogP contribution in [0.25, 0.3) is 0 Å². The summed E-state index contributed by atoms with van der Waals surface area (Å²) in [5.41, 5.74) is 2.04. The number of hydrogen-bond acceptors (Lipinski definition) is 1. The van der Waals surface area contributed by atoms with Crippen molar-refractivity contribution < 1.29 is 4.43 Å². The molecule has 0 rings (SSSR count). The summed E-state index contributed by atoms with van der Waals surface area (Å²) in [6.07, 6.45) is 7.95. The van der Waals surface area contributed by atoms with Crippen LogP contribution in [0.15, 0.2) is 10.2 Å². The topological polar surface area (TPSA) is 9.23 Å². The van der Waals surface area contributed by atoms with Crippen molar-refractivity contribution in [1.82, 2.24) is 0 Å². The Morgan fingerprint density at radius 2 is 1.25 bits per heavy atom. The molecule has 144 valence electrons. The third-order valence-electron chi connectivity index (χ3n) is 5.86. The Hall–Kier alpha value is 0.716. The van der Waals surface area contributed by atoms with Crippen LogP contribution in [-0.2, 0) is 4.43 Å². The van der Waals surface area contributed by atoms with Gasteiger partial charge in [0.05, 0.1) is 0 Å². The average Bonchev–Trinajstić information content (AvgIpc) is 2.50. The molecule has 3 heteroatoms. The van der Waals surface area contributed by atoms with E-state index in [1.807, 2.05) is 0 Å². The maximum atomic E-state index is 6.70. The Morgan fingerprint density at radius 1 is 0.833 bits per heavy atom. The van der Waals surface area contributed by atoms with Crippen LogP contribution in [0.4, 0.5) is 0 Å². The minimum atomic E-state index is -2.02. The standard InChI is InChI=1S/C12H25OSi.2C4H9.CH3.Sn/c1-8-9-13-14(10(2)3,11(4)5)12(6)7;2*1-3-4-2;;/h1,8,10-12H,9H2,2-7H3;2*1,3-4H2,2H3;1H3;. The minimum absolute atomic E-state index is 0.681. The van der Waals surface area contributed by atoms with Gasteiger partial charge in [0.2, 0.25) is 0 Å². The van der Waals surface area contributed by atoms with Gasteiger partial charge in [-0.3, -0.25) is 0 Å². The van der Waals surface area contributed by atoms with E-state index in [1.54, 1.807) is 0 Å². The Kier molecular flexibility index (Phi) is 12.5. The zero-order chi connectivity index (χ0) is 18.8. The summed E-state index contributed by atoms with van der Waals surface area (Å²) < 4.78 is 12.4. The molecule has 0 radical (unpaired) electrons. The van der Waals surface area contributed by atoms with E-state index in [2.05, 4.69) is 70.5 Å². The molecule has 1 nitrogen and oxygen atoms in total. The van der Waals surface area contributed by atoms with Gasteiger partial charge < -0.3 is 0 Å². The normalized spacial score (nSPS) is 13.8. The first-order valence-electron chi connectivity index (χ1n) is 10.5. The van der Waals surface area contributed by atoms with Gasteiger partial charge in [-0.2, -0.15) is 0 Å². The van der Waals surface area contributed by atoms with Gasteiger partial charge in [0.15, 0.2) is 0 Å². The van der Waals surface area contributed by atoms with Crippen molar-refractivity contribution in [1.29, 1.82) is 0 Å². The molecule has 0 aliphatic carbocycles. The molecule has 0 aromatic heterocycles. The summed E-state index contributed by atoms with van der Waals surface area (Å²) in [6.45, 7) is 19.8. The van der Waals surface area contributed by atoms with E-state index < -0.39 is 26.7 Å². The summed E-state index contributed by atoms with van der Waals surface area (Å²) in [5, 5.41) is 0. The van der Waals surface area contributed by atoms with Gasteiger partial charge >= 0.3 is 159 Å². The van der Waals surface area contributed by atoms with Crippen LogP contribution in [0.2, 0.25) is 30.4 Å². The summed E-state index contributed by atoms with van der Waals surface area (Å²) in [4.78, 5) is 2.65. The maximum absolute atomic E-state index is 6.70. The van der Waals surface area contributed by atoms with Crippen LogP contribution in [0.3, 0.4) is 0 Å². The molecule has 0 bridgehead atoms. The molecule has 0 spiro atoms. The summed E-state index contributed by atoms with van der Waals surface area (Å²) in [5.74, 6) is 0. The monoisotopic (exact) mass is 462 g/mol. The predicted molar refractivity (Wildman–Crippen MR) is 117 cm³/mol. The Bertz CT molecular complexity index is 320. The molecule has 0 N–H and O–H groups in total. The van der Waals surface area contributed by atoms with E-state index in [1.165, 1.54) is 34.6 Å². The van der Waals surface area contributed by atoms with Crippen molar-refractivity contribution in [2.24, 2.45) is 0 Å². The third kappa shape index (κ3) is 7.53. The first-order valence-corrected chi connectivity index (χ1v) is 21.2. The molecule has 0 fully saturated rings. The molecule has 24 heavy (non-hydrogen) atoms. The molecular formula is C21H46OSiSn. The zero-order valence-corrected chi connectivity index (χ0v) is 22.1. The van der Waals surface area contributed by atoms with E-state index in [0.29, 0.717) is 16.6 Å². The van der Waals surface area contributed by atoms with E-state index in [0.717, 1.165) is 6.61 Å². The predicted octanol–water partition coefficient (Wildman–Crippen LogP) is 7.95. The number of hydrogen-bond donors (Lipinski definition) is 0. The van der Waals surface area contributed by atoms with Crippen molar-refractivity contribution in [3.05, 3.63) is 10.2 Å². The number of rotatable bonds is 13. The molecule has 0 aliphatic rings. The average molecular weight is 461 g/mol. The van der Waals surface area contributed by atoms with Crippen LogP contribution < -0.4 is 0 Å². The third-order valence-corrected chi connectivity index (χ3v) is 23.4. The Balaban J connectivity index is 4.94.